The van der Waals surface area contributed by atoms with Crippen molar-refractivity contribution in [1.82, 2.24) is 0 Å². The Morgan fingerprint density at radius 2 is 0.373 bits per heavy atom. The second-order valence-electron chi connectivity index (χ2n) is 10.8. The summed E-state index contributed by atoms with van der Waals surface area (Å²) in [6, 6.07) is 0. The number of rotatable bonds is 6. The molecule has 6 saturated heterocycles. The molecule has 36 nitrogen and oxygen atoms in total. The molecule has 0 amide bonds. The van der Waals surface area contributed by atoms with Gasteiger partial charge < -0.3 is 116 Å². The number of aliphatic carboxylic acids is 6. The van der Waals surface area contributed by atoms with E-state index in [1.807, 2.05) is 0 Å². The Balaban J connectivity index is 0.000000778. The minimum Gasteiger partial charge on any atom is -0.547 e. The van der Waals surface area contributed by atoms with Crippen LogP contribution in [-0.4, -0.2) is 184 Å². The van der Waals surface area contributed by atoms with Crippen molar-refractivity contribution in [3.05, 3.63) is 0 Å². The predicted molar refractivity (Wildman–Crippen MR) is 155 cm³/mol. The second kappa shape index (κ2) is 28.1. The number of hydrogen-bond acceptors (Lipinski definition) is 36. The average Bonchev–Trinajstić information content (AvgIpc) is 3.18. The monoisotopic (exact) mass is 1050 g/mol. The van der Waals surface area contributed by atoms with Crippen molar-refractivity contribution in [1.29, 1.82) is 0 Å². The van der Waals surface area contributed by atoms with Crippen LogP contribution in [0.3, 0.4) is 0 Å². The van der Waals surface area contributed by atoms with E-state index in [9.17, 15) is 117 Å². The molecule has 0 saturated carbocycles. The normalized spacial score (nSPS) is 24.2. The van der Waals surface area contributed by atoms with E-state index in [1.165, 1.54) is 0 Å². The molecule has 6 aliphatic heterocycles. The molecule has 6 unspecified atom stereocenters. The molecule has 0 N–H and O–H groups in total. The fourth-order valence-electron chi connectivity index (χ4n) is 3.47. The number of ether oxygens (including phenoxy) is 12. The predicted octanol–water partition coefficient (Wildman–Crippen LogP) is -16.8. The van der Waals surface area contributed by atoms with Crippen molar-refractivity contribution in [3.63, 3.8) is 0 Å². The maximum absolute atomic E-state index is 10.5. The number of esters is 12. The zero-order valence-electron chi connectivity index (χ0n) is 31.8. The van der Waals surface area contributed by atoms with Gasteiger partial charge in [-0.1, -0.05) is 0 Å². The van der Waals surface area contributed by atoms with Crippen LogP contribution in [0.4, 0.5) is 0 Å². The third-order valence-electron chi connectivity index (χ3n) is 6.06. The van der Waals surface area contributed by atoms with Gasteiger partial charge >= 0.3 is 92.7 Å². The smallest absolute Gasteiger partial charge is 0.547 e. The molecule has 0 radical (unpaired) electrons. The molecule has 0 aliphatic carbocycles. The fraction of sp³-hybridized carbons (Fsp3) is 0.400. The molecule has 6 atom stereocenters. The van der Waals surface area contributed by atoms with E-state index < -0.39 is 184 Å². The van der Waals surface area contributed by atoms with E-state index in [-0.39, 0.29) is 21.1 Å². The Hall–Kier alpha value is -7.89. The summed E-state index contributed by atoms with van der Waals surface area (Å²) in [5, 5.41) is 60.1. The fourth-order valence-corrected chi connectivity index (χ4v) is 3.47. The van der Waals surface area contributed by atoms with Crippen molar-refractivity contribution in [2.24, 2.45) is 0 Å². The molecular weight excluding hydrogens is 1030 g/mol. The van der Waals surface area contributed by atoms with Crippen LogP contribution in [0.5, 0.6) is 0 Å². The van der Waals surface area contributed by atoms with Crippen LogP contribution in [0.1, 0.15) is 0 Å². The topological polar surface area (TPSA) is 556 Å². The summed E-state index contributed by atoms with van der Waals surface area (Å²) < 4.78 is 49.3. The van der Waals surface area contributed by atoms with Crippen LogP contribution in [0.15, 0.2) is 0 Å². The summed E-state index contributed by atoms with van der Waals surface area (Å²) in [7, 11) is 0. The molecule has 0 aromatic rings. The van der Waals surface area contributed by atoms with Gasteiger partial charge in [0.1, 0.15) is 39.6 Å². The number of carbonyl (C=O) groups is 18. The van der Waals surface area contributed by atoms with Crippen LogP contribution in [0, 0.1) is 0 Å². The zero-order valence-corrected chi connectivity index (χ0v) is 33.8. The molecule has 6 fully saturated rings. The Labute approximate surface area is 378 Å². The molecule has 67 heavy (non-hydrogen) atoms. The van der Waals surface area contributed by atoms with E-state index >= 15 is 0 Å². The van der Waals surface area contributed by atoms with E-state index in [1.54, 1.807) is 0 Å². The molecule has 0 spiro atoms. The van der Waals surface area contributed by atoms with Gasteiger partial charge in [-0.2, -0.15) is 0 Å². The van der Waals surface area contributed by atoms with Crippen molar-refractivity contribution in [2.45, 2.75) is 36.6 Å². The summed E-state index contributed by atoms with van der Waals surface area (Å²) in [5.41, 5.74) is 0. The standard InChI is InChI=1S/6C5H4O6.Mo/c6*6-2-1-10-3(4(7)8)5(9)11-2;/h6*3H,1H2,(H,7,8);/q;;;;;;+6/p-6. The Kier molecular flexibility index (Phi) is 24.8. The Bertz CT molecular complexity index is 1690. The first-order valence-corrected chi connectivity index (χ1v) is 16.1. The van der Waals surface area contributed by atoms with Gasteiger partial charge in [-0.3, -0.25) is 0 Å². The van der Waals surface area contributed by atoms with Gasteiger partial charge in [0.05, 0.1) is 35.8 Å². The summed E-state index contributed by atoms with van der Waals surface area (Å²) in [6.45, 7) is -3.22. The summed E-state index contributed by atoms with van der Waals surface area (Å²) >= 11 is 0. The summed E-state index contributed by atoms with van der Waals surface area (Å²) in [5.74, 6) is -23.0. The van der Waals surface area contributed by atoms with Crippen molar-refractivity contribution in [2.75, 3.05) is 39.6 Å². The van der Waals surface area contributed by atoms with Crippen LogP contribution >= 0.6 is 0 Å². The zero-order chi connectivity index (χ0) is 50.6. The molecule has 0 aromatic carbocycles. The first-order chi connectivity index (χ1) is 30.7. The minimum atomic E-state index is -1.77. The maximum atomic E-state index is 10.5. The van der Waals surface area contributed by atoms with Gasteiger partial charge in [0.25, 0.3) is 0 Å². The van der Waals surface area contributed by atoms with E-state index in [0.717, 1.165) is 0 Å². The van der Waals surface area contributed by atoms with Crippen LogP contribution < -0.4 is 30.6 Å². The van der Waals surface area contributed by atoms with Crippen molar-refractivity contribution in [3.8, 4) is 0 Å². The molecular formula is C30H18MoO36. The summed E-state index contributed by atoms with van der Waals surface area (Å²) in [6.07, 6.45) is -10.6. The van der Waals surface area contributed by atoms with E-state index in [2.05, 4.69) is 56.8 Å². The van der Waals surface area contributed by atoms with Gasteiger partial charge in [0, 0.05) is 0 Å². The number of cyclic esters (lactones) is 12. The van der Waals surface area contributed by atoms with Gasteiger partial charge in [0.15, 0.2) is 36.6 Å². The maximum Gasteiger partial charge on any atom is 6.00 e. The van der Waals surface area contributed by atoms with Crippen LogP contribution in [0.25, 0.3) is 0 Å². The first-order valence-electron chi connectivity index (χ1n) is 16.1. The van der Waals surface area contributed by atoms with Gasteiger partial charge in [-0.05, 0) is 0 Å². The third-order valence-corrected chi connectivity index (χ3v) is 6.06. The van der Waals surface area contributed by atoms with Crippen LogP contribution in [-0.2, 0) is 164 Å². The van der Waals surface area contributed by atoms with Crippen molar-refractivity contribution >= 4 is 107 Å². The van der Waals surface area contributed by atoms with E-state index in [0.29, 0.717) is 0 Å². The van der Waals surface area contributed by atoms with Crippen molar-refractivity contribution < 1.29 is 195 Å². The SMILES string of the molecule is O=C1COC(C(=O)[O-])C(=O)O1.O=C1COC(C(=O)[O-])C(=O)O1.O=C1COC(C(=O)[O-])C(=O)O1.O=C1COC(C(=O)[O-])C(=O)O1.O=C1COC(C(=O)[O-])C(=O)O1.O=C1COC(C(=O)[O-])C(=O)O1.[Mo+6]. The molecule has 6 rings (SSSR count). The number of carboxylic acid groups (broad SMARTS) is 6. The van der Waals surface area contributed by atoms with Gasteiger partial charge in [0.2, 0.25) is 0 Å². The molecule has 0 aromatic heterocycles. The third kappa shape index (κ3) is 20.7. The quantitative estimate of drug-likeness (QED) is 0.103. The average molecular weight is 1050 g/mol. The molecule has 37 heteroatoms. The largest absolute Gasteiger partial charge is 6.00 e. The van der Waals surface area contributed by atoms with Gasteiger partial charge in [-0.25, -0.2) is 57.5 Å². The second-order valence-corrected chi connectivity index (χ2v) is 10.8. The molecule has 6 heterocycles. The Morgan fingerprint density at radius 1 is 0.269 bits per heavy atom. The number of carboxylic acids is 6. The first kappa shape index (κ1) is 59.1. The molecule has 0 bridgehead atoms. The molecule has 360 valence electrons. The van der Waals surface area contributed by atoms with Crippen LogP contribution in [0.2, 0.25) is 0 Å². The Morgan fingerprint density at radius 3 is 0.448 bits per heavy atom. The van der Waals surface area contributed by atoms with Gasteiger partial charge in [-0.15, -0.1) is 0 Å². The molecule has 6 aliphatic rings. The number of hydrogen-bond donors (Lipinski definition) is 0. The number of carbonyl (C=O) groups excluding carboxylic acids is 18. The minimum absolute atomic E-state index is 0. The summed E-state index contributed by atoms with van der Waals surface area (Å²) in [4.78, 5) is 184. The van der Waals surface area contributed by atoms with E-state index in [4.69, 9.17) is 0 Å².